The van der Waals surface area contributed by atoms with Gasteiger partial charge in [0.1, 0.15) is 6.04 Å². The van der Waals surface area contributed by atoms with E-state index < -0.39 is 0 Å². The van der Waals surface area contributed by atoms with Crippen LogP contribution in [0.4, 0.5) is 0 Å². The fourth-order valence-electron chi connectivity index (χ4n) is 2.44. The molecule has 0 spiro atoms. The number of esters is 1. The molecule has 1 rings (SSSR count). The first kappa shape index (κ1) is 15.0. The second-order valence-corrected chi connectivity index (χ2v) is 4.74. The van der Waals surface area contributed by atoms with Crippen molar-refractivity contribution in [2.45, 2.75) is 52.1 Å². The summed E-state index contributed by atoms with van der Waals surface area (Å²) < 4.78 is 5.12. The summed E-state index contributed by atoms with van der Waals surface area (Å²) in [5.74, 6) is -0.146. The highest BCUT2D eigenvalue weighted by Gasteiger charge is 2.32. The molecule has 1 saturated heterocycles. The van der Waals surface area contributed by atoms with Crippen LogP contribution in [-0.4, -0.2) is 48.6 Å². The molecule has 1 aliphatic rings. The van der Waals surface area contributed by atoms with Gasteiger partial charge in [-0.05, 0) is 19.8 Å². The van der Waals surface area contributed by atoms with Crippen LogP contribution >= 0.6 is 0 Å². The van der Waals surface area contributed by atoms with Gasteiger partial charge < -0.3 is 10.1 Å². The van der Waals surface area contributed by atoms with E-state index in [2.05, 4.69) is 17.1 Å². The van der Waals surface area contributed by atoms with Gasteiger partial charge in [0.15, 0.2) is 0 Å². The number of carbonyl (C=O) groups is 2. The normalized spacial score (nSPS) is 21.6. The first-order valence-corrected chi connectivity index (χ1v) is 6.76. The molecule has 2 unspecified atom stereocenters. The average molecular weight is 256 g/mol. The first-order chi connectivity index (χ1) is 8.58. The Balaban J connectivity index is 2.54. The Kier molecular flexibility index (Phi) is 6.12. The third-order valence-corrected chi connectivity index (χ3v) is 3.19. The fraction of sp³-hybridized carbons (Fsp3) is 0.846. The molecule has 0 aromatic rings. The predicted octanol–water partition coefficient (Wildman–Crippen LogP) is 0.929. The van der Waals surface area contributed by atoms with Crippen LogP contribution in [-0.2, 0) is 14.3 Å². The zero-order chi connectivity index (χ0) is 13.5. The number of ether oxygens (including phenoxy) is 1. The lowest BCUT2D eigenvalue weighted by Gasteiger charge is -2.25. The Bertz CT molecular complexity index is 294. The Hall–Kier alpha value is -1.10. The van der Waals surface area contributed by atoms with Crippen molar-refractivity contribution in [1.29, 1.82) is 0 Å². The molecular formula is C13H24N2O3. The van der Waals surface area contributed by atoms with Crippen molar-refractivity contribution in [1.82, 2.24) is 10.2 Å². The Morgan fingerprint density at radius 1 is 1.44 bits per heavy atom. The maximum Gasteiger partial charge on any atom is 0.323 e. The van der Waals surface area contributed by atoms with Gasteiger partial charge in [-0.3, -0.25) is 14.5 Å². The van der Waals surface area contributed by atoms with Crippen LogP contribution in [0.15, 0.2) is 0 Å². The zero-order valence-electron chi connectivity index (χ0n) is 11.6. The van der Waals surface area contributed by atoms with Crippen LogP contribution in [0.1, 0.15) is 40.0 Å². The van der Waals surface area contributed by atoms with Crippen LogP contribution in [0.3, 0.4) is 0 Å². The minimum Gasteiger partial charge on any atom is -0.465 e. The van der Waals surface area contributed by atoms with Crippen molar-refractivity contribution in [3.63, 3.8) is 0 Å². The van der Waals surface area contributed by atoms with E-state index in [1.807, 2.05) is 6.92 Å². The van der Waals surface area contributed by atoms with Crippen molar-refractivity contribution < 1.29 is 14.3 Å². The summed E-state index contributed by atoms with van der Waals surface area (Å²) in [5.41, 5.74) is 0. The molecule has 5 nitrogen and oxygen atoms in total. The molecular weight excluding hydrogens is 232 g/mol. The molecule has 104 valence electrons. The monoisotopic (exact) mass is 256 g/mol. The van der Waals surface area contributed by atoms with E-state index in [0.29, 0.717) is 6.61 Å². The third kappa shape index (κ3) is 4.29. The predicted molar refractivity (Wildman–Crippen MR) is 69.1 cm³/mol. The van der Waals surface area contributed by atoms with Crippen molar-refractivity contribution in [3.8, 4) is 0 Å². The molecule has 0 aliphatic carbocycles. The van der Waals surface area contributed by atoms with Crippen molar-refractivity contribution in [2.75, 3.05) is 19.7 Å². The van der Waals surface area contributed by atoms with Crippen molar-refractivity contribution >= 4 is 11.9 Å². The number of carbonyl (C=O) groups excluding carboxylic acids is 2. The number of hydrogen-bond acceptors (Lipinski definition) is 4. The molecule has 2 atom stereocenters. The van der Waals surface area contributed by atoms with Gasteiger partial charge in [0.25, 0.3) is 0 Å². The summed E-state index contributed by atoms with van der Waals surface area (Å²) in [6.45, 7) is 7.41. The highest BCUT2D eigenvalue weighted by molar-refractivity contribution is 5.76. The van der Waals surface area contributed by atoms with Crippen LogP contribution in [0.5, 0.6) is 0 Å². The SMILES string of the molecule is CCCC(C(=O)OCC)N1CCC(NC(C)=O)C1. The van der Waals surface area contributed by atoms with E-state index in [4.69, 9.17) is 4.74 Å². The van der Waals surface area contributed by atoms with Gasteiger partial charge in [0.05, 0.1) is 6.61 Å². The Labute approximate surface area is 109 Å². The van der Waals surface area contributed by atoms with E-state index in [-0.39, 0.29) is 24.0 Å². The maximum absolute atomic E-state index is 11.9. The Morgan fingerprint density at radius 2 is 2.17 bits per heavy atom. The molecule has 5 heteroatoms. The van der Waals surface area contributed by atoms with E-state index in [9.17, 15) is 9.59 Å². The lowest BCUT2D eigenvalue weighted by Crippen LogP contribution is -2.43. The fourth-order valence-corrected chi connectivity index (χ4v) is 2.44. The summed E-state index contributed by atoms with van der Waals surface area (Å²) in [6.07, 6.45) is 2.66. The molecule has 0 aromatic carbocycles. The van der Waals surface area contributed by atoms with Gasteiger partial charge in [-0.2, -0.15) is 0 Å². The second kappa shape index (κ2) is 7.36. The van der Waals surface area contributed by atoms with Crippen LogP contribution in [0.2, 0.25) is 0 Å². The van der Waals surface area contributed by atoms with Crippen LogP contribution < -0.4 is 5.32 Å². The molecule has 0 bridgehead atoms. The van der Waals surface area contributed by atoms with Gasteiger partial charge >= 0.3 is 5.97 Å². The van der Waals surface area contributed by atoms with Crippen molar-refractivity contribution in [3.05, 3.63) is 0 Å². The molecule has 0 saturated carbocycles. The van der Waals surface area contributed by atoms with Crippen LogP contribution in [0, 0.1) is 0 Å². The van der Waals surface area contributed by atoms with Gasteiger partial charge in [0, 0.05) is 26.1 Å². The minimum absolute atomic E-state index is 0.00923. The summed E-state index contributed by atoms with van der Waals surface area (Å²) in [5, 5.41) is 2.91. The summed E-state index contributed by atoms with van der Waals surface area (Å²) in [7, 11) is 0. The highest BCUT2D eigenvalue weighted by Crippen LogP contribution is 2.17. The number of hydrogen-bond donors (Lipinski definition) is 1. The van der Waals surface area contributed by atoms with Crippen molar-refractivity contribution in [2.24, 2.45) is 0 Å². The molecule has 0 aromatic heterocycles. The highest BCUT2D eigenvalue weighted by atomic mass is 16.5. The maximum atomic E-state index is 11.9. The van der Waals surface area contributed by atoms with Gasteiger partial charge in [-0.1, -0.05) is 13.3 Å². The summed E-state index contributed by atoms with van der Waals surface area (Å²) in [4.78, 5) is 25.0. The summed E-state index contributed by atoms with van der Waals surface area (Å²) in [6, 6.07) is 0.00462. The van der Waals surface area contributed by atoms with E-state index in [1.54, 1.807) is 0 Å². The lowest BCUT2D eigenvalue weighted by atomic mass is 10.1. The minimum atomic E-state index is -0.159. The molecule has 1 fully saturated rings. The second-order valence-electron chi connectivity index (χ2n) is 4.74. The molecule has 1 heterocycles. The van der Waals surface area contributed by atoms with E-state index in [0.717, 1.165) is 32.4 Å². The number of likely N-dealkylation sites (tertiary alicyclic amines) is 1. The largest absolute Gasteiger partial charge is 0.465 e. The van der Waals surface area contributed by atoms with Gasteiger partial charge in [-0.25, -0.2) is 0 Å². The summed E-state index contributed by atoms with van der Waals surface area (Å²) >= 11 is 0. The van der Waals surface area contributed by atoms with Crippen LogP contribution in [0.25, 0.3) is 0 Å². The quantitative estimate of drug-likeness (QED) is 0.718. The Morgan fingerprint density at radius 3 is 2.72 bits per heavy atom. The molecule has 18 heavy (non-hydrogen) atoms. The van der Waals surface area contributed by atoms with E-state index in [1.165, 1.54) is 6.92 Å². The van der Waals surface area contributed by atoms with Gasteiger partial charge in [0.2, 0.25) is 5.91 Å². The molecule has 0 radical (unpaired) electrons. The third-order valence-electron chi connectivity index (χ3n) is 3.19. The number of nitrogens with one attached hydrogen (secondary N) is 1. The first-order valence-electron chi connectivity index (χ1n) is 6.76. The molecule has 1 N–H and O–H groups in total. The lowest BCUT2D eigenvalue weighted by molar-refractivity contribution is -0.149. The topological polar surface area (TPSA) is 58.6 Å². The molecule has 1 aliphatic heterocycles. The smallest absolute Gasteiger partial charge is 0.323 e. The molecule has 1 amide bonds. The zero-order valence-corrected chi connectivity index (χ0v) is 11.6. The average Bonchev–Trinajstić information content (AvgIpc) is 2.73. The number of rotatable bonds is 6. The van der Waals surface area contributed by atoms with E-state index >= 15 is 0 Å². The number of amides is 1. The van der Waals surface area contributed by atoms with Gasteiger partial charge in [-0.15, -0.1) is 0 Å². The number of nitrogens with zero attached hydrogens (tertiary/aromatic N) is 1. The standard InChI is InChI=1S/C13H24N2O3/c1-4-6-12(13(17)18-5-2)15-8-7-11(9-15)14-10(3)16/h11-12H,4-9H2,1-3H3,(H,14,16).